The van der Waals surface area contributed by atoms with Crippen molar-refractivity contribution in [2.24, 2.45) is 0 Å². The van der Waals surface area contributed by atoms with Crippen LogP contribution < -0.4 is 10.3 Å². The van der Waals surface area contributed by atoms with E-state index in [-0.39, 0.29) is 16.7 Å². The molecule has 0 saturated heterocycles. The summed E-state index contributed by atoms with van der Waals surface area (Å²) < 4.78 is 5.84. The van der Waals surface area contributed by atoms with E-state index < -0.39 is 0 Å². The van der Waals surface area contributed by atoms with Gasteiger partial charge in [0.2, 0.25) is 5.65 Å². The zero-order valence-corrected chi connectivity index (χ0v) is 15.3. The zero-order chi connectivity index (χ0) is 19.0. The van der Waals surface area contributed by atoms with Crippen LogP contribution in [-0.4, -0.2) is 32.0 Å². The van der Waals surface area contributed by atoms with Crippen LogP contribution in [0.15, 0.2) is 41.2 Å². The first-order valence-electron chi connectivity index (χ1n) is 8.72. The molecule has 0 spiro atoms. The van der Waals surface area contributed by atoms with E-state index in [4.69, 9.17) is 4.74 Å². The maximum absolute atomic E-state index is 12.2. The van der Waals surface area contributed by atoms with Crippen LogP contribution in [-0.2, 0) is 0 Å². The molecule has 136 valence electrons. The van der Waals surface area contributed by atoms with Crippen molar-refractivity contribution in [1.82, 2.24) is 25.4 Å². The number of nitrogens with zero attached hydrogens (tertiary/aromatic N) is 3. The minimum Gasteiger partial charge on any atom is -0.493 e. The highest BCUT2D eigenvalue weighted by atomic mass is 16.5. The first-order chi connectivity index (χ1) is 13.1. The van der Waals surface area contributed by atoms with Crippen molar-refractivity contribution in [2.45, 2.75) is 20.8 Å². The third kappa shape index (κ3) is 3.08. The maximum Gasteiger partial charge on any atom is 0.281 e. The van der Waals surface area contributed by atoms with Gasteiger partial charge in [-0.25, -0.2) is 4.98 Å². The second-order valence-electron chi connectivity index (χ2n) is 6.35. The van der Waals surface area contributed by atoms with Crippen LogP contribution >= 0.6 is 0 Å². The third-order valence-electron chi connectivity index (χ3n) is 4.57. The molecule has 0 aliphatic carbocycles. The van der Waals surface area contributed by atoms with Crippen molar-refractivity contribution in [3.63, 3.8) is 0 Å². The van der Waals surface area contributed by atoms with Crippen molar-refractivity contribution in [3.8, 4) is 28.3 Å². The number of H-pyrrole nitrogens is 2. The molecule has 2 heterocycles. The molecule has 7 nitrogen and oxygen atoms in total. The molecule has 0 aliphatic heterocycles. The van der Waals surface area contributed by atoms with E-state index in [1.807, 2.05) is 25.1 Å². The van der Waals surface area contributed by atoms with Crippen molar-refractivity contribution in [1.29, 1.82) is 0 Å². The van der Waals surface area contributed by atoms with E-state index in [9.17, 15) is 4.79 Å². The number of benzene rings is 2. The fourth-order valence-electron chi connectivity index (χ4n) is 2.98. The van der Waals surface area contributed by atoms with Gasteiger partial charge in [0.25, 0.3) is 5.56 Å². The van der Waals surface area contributed by atoms with E-state index in [2.05, 4.69) is 57.4 Å². The van der Waals surface area contributed by atoms with Crippen molar-refractivity contribution in [3.05, 3.63) is 57.9 Å². The van der Waals surface area contributed by atoms with Gasteiger partial charge in [-0.05, 0) is 55.2 Å². The van der Waals surface area contributed by atoms with Gasteiger partial charge in [0.1, 0.15) is 11.6 Å². The number of hydrogen-bond acceptors (Lipinski definition) is 5. The molecule has 0 bridgehead atoms. The molecule has 7 heteroatoms. The number of rotatable bonds is 4. The van der Waals surface area contributed by atoms with Crippen LogP contribution in [0, 0.1) is 13.8 Å². The van der Waals surface area contributed by atoms with Crippen LogP contribution in [0.5, 0.6) is 5.75 Å². The highest BCUT2D eigenvalue weighted by Gasteiger charge is 2.14. The number of nitrogens with one attached hydrogen (secondary N) is 2. The van der Waals surface area contributed by atoms with E-state index in [1.165, 1.54) is 11.1 Å². The molecule has 0 saturated carbocycles. The highest BCUT2D eigenvalue weighted by molar-refractivity contribution is 5.76. The molecular formula is C20H19N5O2. The summed E-state index contributed by atoms with van der Waals surface area (Å²) in [5.41, 5.74) is 5.45. The lowest BCUT2D eigenvalue weighted by Crippen LogP contribution is -2.10. The fraction of sp³-hybridized carbons (Fsp3) is 0.200. The largest absolute Gasteiger partial charge is 0.493 e. The Balaban J connectivity index is 1.85. The molecule has 0 unspecified atom stereocenters. The van der Waals surface area contributed by atoms with Gasteiger partial charge in [-0.15, -0.1) is 10.2 Å². The van der Waals surface area contributed by atoms with Crippen molar-refractivity contribution >= 4 is 11.2 Å². The molecule has 4 rings (SSSR count). The van der Waals surface area contributed by atoms with Gasteiger partial charge in [-0.2, -0.15) is 5.21 Å². The molecular weight excluding hydrogens is 342 g/mol. The van der Waals surface area contributed by atoms with Gasteiger partial charge in [0.15, 0.2) is 5.52 Å². The summed E-state index contributed by atoms with van der Waals surface area (Å²) in [6, 6.07) is 12.2. The van der Waals surface area contributed by atoms with Gasteiger partial charge < -0.3 is 9.72 Å². The second-order valence-corrected chi connectivity index (χ2v) is 6.35. The number of ether oxygens (including phenoxy) is 1. The third-order valence-corrected chi connectivity index (χ3v) is 4.57. The molecule has 27 heavy (non-hydrogen) atoms. The summed E-state index contributed by atoms with van der Waals surface area (Å²) in [6.07, 6.45) is 0. The Kier molecular flexibility index (Phi) is 4.19. The molecule has 2 N–H and O–H groups in total. The Morgan fingerprint density at radius 2 is 1.78 bits per heavy atom. The molecule has 0 amide bonds. The minimum absolute atomic E-state index is 0.184. The van der Waals surface area contributed by atoms with Crippen LogP contribution in [0.3, 0.4) is 0 Å². The lowest BCUT2D eigenvalue weighted by atomic mass is 9.99. The predicted octanol–water partition coefficient (Wildman–Crippen LogP) is 3.39. The average molecular weight is 361 g/mol. The highest BCUT2D eigenvalue weighted by Crippen LogP contribution is 2.33. The standard InChI is InChI=1S/C20H19N5O2/c1-4-27-16-10-14(13-6-5-11(2)12(3)9-13)7-8-15(16)18-21-19-17(20(26)22-18)23-25-24-19/h5-10H,4H2,1-3H3,(H2,21,22,23,24,25,26). The first kappa shape index (κ1) is 17.0. The van der Waals surface area contributed by atoms with E-state index in [1.54, 1.807) is 0 Å². The Labute approximate surface area is 155 Å². The Morgan fingerprint density at radius 1 is 1.00 bits per heavy atom. The summed E-state index contributed by atoms with van der Waals surface area (Å²) in [5.74, 6) is 1.05. The van der Waals surface area contributed by atoms with Crippen LogP contribution in [0.2, 0.25) is 0 Å². The predicted molar refractivity (Wildman–Crippen MR) is 104 cm³/mol. The van der Waals surface area contributed by atoms with Gasteiger partial charge in [-0.1, -0.05) is 24.3 Å². The quantitative estimate of drug-likeness (QED) is 0.581. The smallest absolute Gasteiger partial charge is 0.281 e. The number of aryl methyl sites for hydroxylation is 2. The van der Waals surface area contributed by atoms with Crippen LogP contribution in [0.1, 0.15) is 18.1 Å². The number of fused-ring (bicyclic) bond motifs is 1. The Morgan fingerprint density at radius 3 is 2.56 bits per heavy atom. The number of aromatic nitrogens is 5. The average Bonchev–Trinajstić information content (AvgIpc) is 3.13. The molecule has 4 aromatic rings. The molecule has 0 atom stereocenters. The van der Waals surface area contributed by atoms with Crippen molar-refractivity contribution < 1.29 is 4.74 Å². The zero-order valence-electron chi connectivity index (χ0n) is 15.3. The van der Waals surface area contributed by atoms with Crippen molar-refractivity contribution in [2.75, 3.05) is 6.61 Å². The summed E-state index contributed by atoms with van der Waals surface area (Å²) in [4.78, 5) is 19.4. The number of hydrogen-bond donors (Lipinski definition) is 2. The molecule has 0 fully saturated rings. The Bertz CT molecular complexity index is 1190. The minimum atomic E-state index is -0.343. The molecule has 2 aromatic carbocycles. The fourth-order valence-corrected chi connectivity index (χ4v) is 2.98. The summed E-state index contributed by atoms with van der Waals surface area (Å²) >= 11 is 0. The van der Waals surface area contributed by atoms with Gasteiger partial charge >= 0.3 is 0 Å². The van der Waals surface area contributed by atoms with E-state index >= 15 is 0 Å². The summed E-state index contributed by atoms with van der Waals surface area (Å²) in [6.45, 7) is 6.61. The SMILES string of the molecule is CCOc1cc(-c2ccc(C)c(C)c2)ccc1-c1nc2n[nH]nc2c(=O)[nH]1. The summed E-state index contributed by atoms with van der Waals surface area (Å²) in [7, 11) is 0. The Hall–Kier alpha value is -3.48. The topological polar surface area (TPSA) is 96.6 Å². The summed E-state index contributed by atoms with van der Waals surface area (Å²) in [5, 5.41) is 10.1. The molecule has 0 radical (unpaired) electrons. The maximum atomic E-state index is 12.2. The first-order valence-corrected chi connectivity index (χ1v) is 8.72. The van der Waals surface area contributed by atoms with Gasteiger partial charge in [0, 0.05) is 0 Å². The lowest BCUT2D eigenvalue weighted by Gasteiger charge is -2.13. The van der Waals surface area contributed by atoms with Crippen LogP contribution in [0.4, 0.5) is 0 Å². The van der Waals surface area contributed by atoms with Crippen LogP contribution in [0.25, 0.3) is 33.7 Å². The second kappa shape index (κ2) is 6.68. The monoisotopic (exact) mass is 361 g/mol. The normalized spacial score (nSPS) is 11.1. The number of aromatic amines is 2. The lowest BCUT2D eigenvalue weighted by molar-refractivity contribution is 0.341. The van der Waals surface area contributed by atoms with E-state index in [0.29, 0.717) is 23.7 Å². The molecule has 2 aromatic heterocycles. The van der Waals surface area contributed by atoms with Gasteiger partial charge in [0.05, 0.1) is 12.2 Å². The van der Waals surface area contributed by atoms with E-state index in [0.717, 1.165) is 11.1 Å². The molecule has 0 aliphatic rings. The van der Waals surface area contributed by atoms with Gasteiger partial charge in [-0.3, -0.25) is 4.79 Å².